The summed E-state index contributed by atoms with van der Waals surface area (Å²) in [5.74, 6) is 0. The van der Waals surface area contributed by atoms with Crippen LogP contribution in [0.2, 0.25) is 0 Å². The van der Waals surface area contributed by atoms with E-state index in [4.69, 9.17) is 10.1 Å². The fourth-order valence-corrected chi connectivity index (χ4v) is 4.28. The molecule has 4 rings (SSSR count). The van der Waals surface area contributed by atoms with Gasteiger partial charge in [0.1, 0.15) is 0 Å². The third-order valence-corrected chi connectivity index (χ3v) is 5.42. The van der Waals surface area contributed by atoms with Crippen LogP contribution in [0.4, 0.5) is 5.69 Å². The summed E-state index contributed by atoms with van der Waals surface area (Å²) in [5.41, 5.74) is 5.12. The Kier molecular flexibility index (Phi) is 4.92. The van der Waals surface area contributed by atoms with Gasteiger partial charge in [-0.05, 0) is 32.3 Å². The SMILES string of the molecule is CC(C)N=c1scc(-c2cccc([N+](=O)[O-])c2)n1N=C1CCc2ccccc21. The molecule has 0 atom stereocenters. The summed E-state index contributed by atoms with van der Waals surface area (Å²) >= 11 is 1.50. The molecule has 2 aromatic carbocycles. The van der Waals surface area contributed by atoms with Crippen LogP contribution in [0.25, 0.3) is 11.3 Å². The molecular formula is C21H20N4O2S. The molecule has 3 aromatic rings. The average molecular weight is 392 g/mol. The monoisotopic (exact) mass is 392 g/mol. The molecule has 0 unspecified atom stereocenters. The van der Waals surface area contributed by atoms with Gasteiger partial charge in [0.15, 0.2) is 0 Å². The van der Waals surface area contributed by atoms with Gasteiger partial charge in [-0.15, -0.1) is 11.3 Å². The summed E-state index contributed by atoms with van der Waals surface area (Å²) < 4.78 is 1.83. The Hall–Kier alpha value is -3.06. The van der Waals surface area contributed by atoms with Gasteiger partial charge in [0.05, 0.1) is 16.3 Å². The Balaban J connectivity index is 1.89. The molecule has 0 saturated carbocycles. The lowest BCUT2D eigenvalue weighted by Gasteiger charge is -2.07. The highest BCUT2D eigenvalue weighted by atomic mass is 32.1. The van der Waals surface area contributed by atoms with Crippen molar-refractivity contribution in [2.24, 2.45) is 10.1 Å². The van der Waals surface area contributed by atoms with Gasteiger partial charge in [0, 0.05) is 34.7 Å². The van der Waals surface area contributed by atoms with Crippen molar-refractivity contribution < 1.29 is 4.92 Å². The lowest BCUT2D eigenvalue weighted by molar-refractivity contribution is -0.384. The Morgan fingerprint density at radius 1 is 1.14 bits per heavy atom. The van der Waals surface area contributed by atoms with E-state index in [1.165, 1.54) is 28.5 Å². The van der Waals surface area contributed by atoms with Crippen LogP contribution in [0.5, 0.6) is 0 Å². The van der Waals surface area contributed by atoms with E-state index in [2.05, 4.69) is 12.1 Å². The van der Waals surface area contributed by atoms with Gasteiger partial charge in [0.2, 0.25) is 4.80 Å². The molecule has 1 aliphatic carbocycles. The predicted octanol–water partition coefficient (Wildman–Crippen LogP) is 4.63. The van der Waals surface area contributed by atoms with E-state index < -0.39 is 0 Å². The van der Waals surface area contributed by atoms with Crippen molar-refractivity contribution in [3.05, 3.63) is 80.0 Å². The van der Waals surface area contributed by atoms with Gasteiger partial charge in [-0.3, -0.25) is 15.1 Å². The van der Waals surface area contributed by atoms with E-state index >= 15 is 0 Å². The van der Waals surface area contributed by atoms with Gasteiger partial charge in [-0.1, -0.05) is 36.4 Å². The molecule has 0 radical (unpaired) electrons. The van der Waals surface area contributed by atoms with E-state index in [0.29, 0.717) is 0 Å². The Labute approximate surface area is 166 Å². The second kappa shape index (κ2) is 7.52. The third kappa shape index (κ3) is 3.53. The minimum Gasteiger partial charge on any atom is -0.258 e. The Bertz CT molecular complexity index is 1140. The summed E-state index contributed by atoms with van der Waals surface area (Å²) in [7, 11) is 0. The van der Waals surface area contributed by atoms with Crippen molar-refractivity contribution in [1.82, 2.24) is 4.68 Å². The first-order valence-corrected chi connectivity index (χ1v) is 10.1. The molecule has 142 valence electrons. The average Bonchev–Trinajstić information content (AvgIpc) is 3.27. The van der Waals surface area contributed by atoms with Gasteiger partial charge in [0.25, 0.3) is 5.69 Å². The summed E-state index contributed by atoms with van der Waals surface area (Å²) in [6.07, 6.45) is 1.85. The number of hydrogen-bond donors (Lipinski definition) is 0. The third-order valence-electron chi connectivity index (χ3n) is 4.59. The summed E-state index contributed by atoms with van der Waals surface area (Å²) in [5, 5.41) is 18.1. The fourth-order valence-electron chi connectivity index (χ4n) is 3.32. The highest BCUT2D eigenvalue weighted by molar-refractivity contribution is 7.07. The van der Waals surface area contributed by atoms with E-state index in [1.807, 2.05) is 42.1 Å². The topological polar surface area (TPSA) is 72.8 Å². The van der Waals surface area contributed by atoms with Crippen molar-refractivity contribution in [3.8, 4) is 11.3 Å². The minimum absolute atomic E-state index is 0.0662. The fraction of sp³-hybridized carbons (Fsp3) is 0.238. The number of fused-ring (bicyclic) bond motifs is 1. The number of thiazole rings is 1. The number of rotatable bonds is 4. The number of nitro benzene ring substituents is 1. The van der Waals surface area contributed by atoms with Gasteiger partial charge in [-0.2, -0.15) is 5.10 Å². The van der Waals surface area contributed by atoms with Crippen LogP contribution in [0, 0.1) is 10.1 Å². The van der Waals surface area contributed by atoms with Crippen molar-refractivity contribution in [2.45, 2.75) is 32.7 Å². The van der Waals surface area contributed by atoms with Crippen LogP contribution >= 0.6 is 11.3 Å². The molecule has 0 spiro atoms. The first-order chi connectivity index (χ1) is 13.5. The molecule has 1 heterocycles. The number of benzene rings is 2. The highest BCUT2D eigenvalue weighted by Crippen LogP contribution is 2.26. The molecule has 28 heavy (non-hydrogen) atoms. The summed E-state index contributed by atoms with van der Waals surface area (Å²) in [4.78, 5) is 16.3. The highest BCUT2D eigenvalue weighted by Gasteiger charge is 2.19. The number of aryl methyl sites for hydroxylation is 1. The zero-order chi connectivity index (χ0) is 19.7. The zero-order valence-electron chi connectivity index (χ0n) is 15.7. The summed E-state index contributed by atoms with van der Waals surface area (Å²) in [6.45, 7) is 4.05. The summed E-state index contributed by atoms with van der Waals surface area (Å²) in [6, 6.07) is 15.1. The number of nitrogens with zero attached hydrogens (tertiary/aromatic N) is 4. The standard InChI is InChI=1S/C21H20N4O2S/c1-14(2)22-21-24(23-19-11-10-15-6-3-4-9-18(15)19)20(13-28-21)16-7-5-8-17(12-16)25(26)27/h3-9,12-14H,10-11H2,1-2H3. The lowest BCUT2D eigenvalue weighted by atomic mass is 10.1. The minimum atomic E-state index is -0.376. The van der Waals surface area contributed by atoms with Crippen LogP contribution < -0.4 is 4.80 Å². The van der Waals surface area contributed by atoms with Gasteiger partial charge >= 0.3 is 0 Å². The van der Waals surface area contributed by atoms with Crippen LogP contribution in [0.3, 0.4) is 0 Å². The molecule has 0 saturated heterocycles. The van der Waals surface area contributed by atoms with Crippen molar-refractivity contribution in [2.75, 3.05) is 0 Å². The second-order valence-corrected chi connectivity index (χ2v) is 7.79. The number of nitro groups is 1. The quantitative estimate of drug-likeness (QED) is 0.479. The molecule has 7 heteroatoms. The van der Waals surface area contributed by atoms with Gasteiger partial charge < -0.3 is 0 Å². The van der Waals surface area contributed by atoms with E-state index in [9.17, 15) is 10.1 Å². The van der Waals surface area contributed by atoms with Crippen LogP contribution in [-0.4, -0.2) is 21.4 Å². The van der Waals surface area contributed by atoms with Crippen LogP contribution in [0.1, 0.15) is 31.4 Å². The first kappa shape index (κ1) is 18.3. The van der Waals surface area contributed by atoms with Crippen LogP contribution in [0.15, 0.2) is 64.0 Å². The largest absolute Gasteiger partial charge is 0.270 e. The van der Waals surface area contributed by atoms with Crippen molar-refractivity contribution >= 4 is 22.7 Å². The molecule has 0 amide bonds. The number of hydrogen-bond acceptors (Lipinski definition) is 5. The molecule has 0 bridgehead atoms. The Morgan fingerprint density at radius 3 is 2.75 bits per heavy atom. The maximum atomic E-state index is 11.2. The first-order valence-electron chi connectivity index (χ1n) is 9.18. The smallest absolute Gasteiger partial charge is 0.258 e. The maximum Gasteiger partial charge on any atom is 0.270 e. The van der Waals surface area contributed by atoms with E-state index in [1.54, 1.807) is 12.1 Å². The van der Waals surface area contributed by atoms with Crippen molar-refractivity contribution in [3.63, 3.8) is 0 Å². The molecule has 0 aliphatic heterocycles. The second-order valence-electron chi connectivity index (χ2n) is 6.95. The zero-order valence-corrected chi connectivity index (χ0v) is 16.5. The molecule has 1 aliphatic rings. The molecule has 0 fully saturated rings. The molecule has 1 aromatic heterocycles. The normalized spacial score (nSPS) is 15.4. The number of non-ortho nitro benzene ring substituents is 1. The van der Waals surface area contributed by atoms with Crippen molar-refractivity contribution in [1.29, 1.82) is 0 Å². The lowest BCUT2D eigenvalue weighted by Crippen LogP contribution is -2.16. The predicted molar refractivity (Wildman–Crippen MR) is 112 cm³/mol. The molecular weight excluding hydrogens is 372 g/mol. The van der Waals surface area contributed by atoms with E-state index in [0.717, 1.165) is 34.6 Å². The maximum absolute atomic E-state index is 11.2. The number of aromatic nitrogens is 1. The molecule has 6 nitrogen and oxygen atoms in total. The van der Waals surface area contributed by atoms with E-state index in [-0.39, 0.29) is 16.7 Å². The molecule has 0 N–H and O–H groups in total. The van der Waals surface area contributed by atoms with Crippen LogP contribution in [-0.2, 0) is 6.42 Å². The van der Waals surface area contributed by atoms with Gasteiger partial charge in [-0.25, -0.2) is 4.68 Å². The Morgan fingerprint density at radius 2 is 1.96 bits per heavy atom.